The van der Waals surface area contributed by atoms with Crippen LogP contribution in [0.1, 0.15) is 67.3 Å². The number of fused-ring (bicyclic) bond motifs is 1. The van der Waals surface area contributed by atoms with E-state index in [4.69, 9.17) is 10.1 Å². The van der Waals surface area contributed by atoms with Gasteiger partial charge in [0.25, 0.3) is 0 Å². The summed E-state index contributed by atoms with van der Waals surface area (Å²) in [6, 6.07) is 21.3. The number of likely N-dealkylation sites (tertiary alicyclic amines) is 2. The minimum Gasteiger partial charge on any atom is -0.374 e. The fraction of sp³-hybridized carbons (Fsp3) is 0.388. The minimum absolute atomic E-state index is 0.0435. The predicted octanol–water partition coefficient (Wildman–Crippen LogP) is 5.25. The van der Waals surface area contributed by atoms with Gasteiger partial charge in [-0.3, -0.25) is 39.2 Å². The van der Waals surface area contributed by atoms with Gasteiger partial charge in [0.05, 0.1) is 48.3 Å². The van der Waals surface area contributed by atoms with E-state index in [1.54, 1.807) is 22.8 Å². The van der Waals surface area contributed by atoms with E-state index in [2.05, 4.69) is 71.8 Å². The summed E-state index contributed by atoms with van der Waals surface area (Å²) in [5.74, 6) is -0.848. The number of piperazine rings is 1. The lowest BCUT2D eigenvalue weighted by atomic mass is 9.89. The topological polar surface area (TPSA) is 173 Å². The van der Waals surface area contributed by atoms with Crippen LogP contribution >= 0.6 is 0 Å². The van der Waals surface area contributed by atoms with Crippen molar-refractivity contribution in [3.05, 3.63) is 114 Å². The molecular formula is C49H52FN13O3. The maximum atomic E-state index is 15.3. The molecule has 0 aliphatic carbocycles. The van der Waals surface area contributed by atoms with E-state index >= 15 is 4.39 Å². The third-order valence-electron chi connectivity index (χ3n) is 13.7. The Morgan fingerprint density at radius 3 is 2.38 bits per heavy atom. The van der Waals surface area contributed by atoms with E-state index in [-0.39, 0.29) is 36.0 Å². The average Bonchev–Trinajstić information content (AvgIpc) is 4.02. The lowest BCUT2D eigenvalue weighted by Gasteiger charge is -2.36. The highest BCUT2D eigenvalue weighted by Crippen LogP contribution is 2.34. The summed E-state index contributed by atoms with van der Waals surface area (Å²) in [6.45, 7) is 7.61. The van der Waals surface area contributed by atoms with Crippen molar-refractivity contribution in [1.29, 1.82) is 5.26 Å². The Labute approximate surface area is 382 Å². The number of hydrogen-bond acceptors (Lipinski definition) is 12. The molecule has 16 nitrogen and oxygen atoms in total. The lowest BCUT2D eigenvalue weighted by molar-refractivity contribution is -0.135. The van der Waals surface area contributed by atoms with Crippen LogP contribution in [0.25, 0.3) is 28.0 Å². The van der Waals surface area contributed by atoms with Gasteiger partial charge in [-0.25, -0.2) is 13.9 Å². The number of pyridine rings is 1. The Bertz CT molecular complexity index is 2760. The molecule has 4 aliphatic rings. The molecule has 2 aromatic carbocycles. The second-order valence-electron chi connectivity index (χ2n) is 17.8. The van der Waals surface area contributed by atoms with Crippen molar-refractivity contribution < 1.29 is 18.8 Å². The summed E-state index contributed by atoms with van der Waals surface area (Å²) in [5.41, 5.74) is 7.62. The number of nitrogens with one attached hydrogen (secondary N) is 2. The molecule has 4 aromatic heterocycles. The Morgan fingerprint density at radius 1 is 0.848 bits per heavy atom. The molecule has 66 heavy (non-hydrogen) atoms. The van der Waals surface area contributed by atoms with Crippen LogP contribution in [0, 0.1) is 17.1 Å². The van der Waals surface area contributed by atoms with Crippen molar-refractivity contribution in [2.75, 3.05) is 69.1 Å². The number of aromatic nitrogens is 6. The molecule has 1 atom stereocenters. The van der Waals surface area contributed by atoms with Crippen LogP contribution in [-0.2, 0) is 20.9 Å². The van der Waals surface area contributed by atoms with Crippen molar-refractivity contribution in [2.24, 2.45) is 0 Å². The zero-order valence-electron chi connectivity index (χ0n) is 36.7. The lowest BCUT2D eigenvalue weighted by Crippen LogP contribution is -2.47. The Hall–Kier alpha value is -7.03. The molecule has 3 amide bonds. The number of carbonyl (C=O) groups excluding carboxylic acids is 3. The third-order valence-corrected chi connectivity index (χ3v) is 13.7. The molecule has 0 bridgehead atoms. The predicted molar refractivity (Wildman–Crippen MR) is 246 cm³/mol. The van der Waals surface area contributed by atoms with E-state index in [1.807, 2.05) is 46.5 Å². The monoisotopic (exact) mass is 889 g/mol. The molecule has 0 saturated carbocycles. The molecule has 2 N–H and O–H groups in total. The van der Waals surface area contributed by atoms with Crippen molar-refractivity contribution in [1.82, 2.24) is 49.4 Å². The Kier molecular flexibility index (Phi) is 12.2. The van der Waals surface area contributed by atoms with E-state index in [0.29, 0.717) is 72.9 Å². The van der Waals surface area contributed by atoms with Crippen molar-refractivity contribution in [3.8, 4) is 28.6 Å². The van der Waals surface area contributed by atoms with Gasteiger partial charge in [0.2, 0.25) is 17.7 Å². The number of halogens is 1. The highest BCUT2D eigenvalue weighted by atomic mass is 19.1. The van der Waals surface area contributed by atoms with Crippen LogP contribution in [0.15, 0.2) is 91.6 Å². The van der Waals surface area contributed by atoms with Gasteiger partial charge in [-0.05, 0) is 93.1 Å². The molecule has 8 heterocycles. The number of hydrogen-bond donors (Lipinski definition) is 2. The number of carbonyl (C=O) groups is 3. The molecule has 17 heteroatoms. The van der Waals surface area contributed by atoms with Crippen LogP contribution in [0.5, 0.6) is 0 Å². The number of nitriles is 1. The Balaban J connectivity index is 0.727. The summed E-state index contributed by atoms with van der Waals surface area (Å²) in [5, 5.41) is 24.7. The van der Waals surface area contributed by atoms with Crippen LogP contribution in [0.4, 0.5) is 15.8 Å². The van der Waals surface area contributed by atoms with Crippen LogP contribution in [0.2, 0.25) is 0 Å². The number of benzene rings is 2. The summed E-state index contributed by atoms with van der Waals surface area (Å²) in [4.78, 5) is 55.7. The normalized spacial score (nSPS) is 19.2. The fourth-order valence-corrected chi connectivity index (χ4v) is 9.88. The molecule has 0 spiro atoms. The van der Waals surface area contributed by atoms with E-state index in [0.717, 1.165) is 80.9 Å². The standard InChI is InChI=1S/C49H52FN13O3/c50-42-25-37(55-43-10-11-45(64)57-49(43)66)6-9-41(42)33-12-17-58(18-13-33)32-46(65)61-19-14-40(15-20-61)62-29-36(28-53-62)44-31-63-48(35(26-51)27-54-63)47(56-44)34-4-7-39(8-5-34)60-23-21-59(22-24-60)30-38-3-1-2-16-52-38/h1-9,16,25,27-29,31,33,40,43,55H,10-15,17-24,30,32H2,(H,57,64,66). The van der Waals surface area contributed by atoms with E-state index < -0.39 is 11.9 Å². The van der Waals surface area contributed by atoms with Gasteiger partial charge < -0.3 is 15.1 Å². The maximum Gasteiger partial charge on any atom is 0.249 e. The molecule has 10 rings (SSSR count). The zero-order valence-corrected chi connectivity index (χ0v) is 36.7. The summed E-state index contributed by atoms with van der Waals surface area (Å²) in [7, 11) is 0. The number of rotatable bonds is 11. The molecular weight excluding hydrogens is 838 g/mol. The van der Waals surface area contributed by atoms with E-state index in [1.165, 1.54) is 6.07 Å². The maximum absolute atomic E-state index is 15.3. The average molecular weight is 890 g/mol. The first-order valence-corrected chi connectivity index (χ1v) is 22.9. The first kappa shape index (κ1) is 42.9. The van der Waals surface area contributed by atoms with Crippen LogP contribution in [0.3, 0.4) is 0 Å². The van der Waals surface area contributed by atoms with Crippen molar-refractivity contribution in [3.63, 3.8) is 0 Å². The molecule has 4 fully saturated rings. The third kappa shape index (κ3) is 9.24. The number of piperidine rings is 3. The smallest absolute Gasteiger partial charge is 0.249 e. The van der Waals surface area contributed by atoms with Crippen molar-refractivity contribution in [2.45, 2.75) is 63.1 Å². The Morgan fingerprint density at radius 2 is 1.65 bits per heavy atom. The molecule has 1 unspecified atom stereocenters. The molecule has 6 aromatic rings. The number of nitrogens with zero attached hydrogens (tertiary/aromatic N) is 11. The number of anilines is 2. The van der Waals surface area contributed by atoms with E-state index in [9.17, 15) is 19.6 Å². The van der Waals surface area contributed by atoms with Crippen molar-refractivity contribution >= 4 is 34.6 Å². The van der Waals surface area contributed by atoms with Gasteiger partial charge in [-0.15, -0.1) is 0 Å². The van der Waals surface area contributed by atoms with Gasteiger partial charge in [-0.1, -0.05) is 24.3 Å². The van der Waals surface area contributed by atoms with Gasteiger partial charge in [0, 0.05) is 87.1 Å². The number of amides is 3. The molecule has 338 valence electrons. The second-order valence-corrected chi connectivity index (χ2v) is 17.8. The van der Waals surface area contributed by atoms with Gasteiger partial charge >= 0.3 is 0 Å². The zero-order chi connectivity index (χ0) is 45.1. The van der Waals surface area contributed by atoms with Gasteiger partial charge in [0.15, 0.2) is 0 Å². The largest absolute Gasteiger partial charge is 0.374 e. The van der Waals surface area contributed by atoms with Crippen LogP contribution < -0.4 is 15.5 Å². The fourth-order valence-electron chi connectivity index (χ4n) is 9.88. The molecule has 0 radical (unpaired) electrons. The van der Waals surface area contributed by atoms with Gasteiger partial charge in [-0.2, -0.15) is 15.5 Å². The molecule has 4 saturated heterocycles. The summed E-state index contributed by atoms with van der Waals surface area (Å²) in [6.07, 6.45) is 12.8. The highest BCUT2D eigenvalue weighted by Gasteiger charge is 2.30. The minimum atomic E-state index is -0.571. The first-order valence-electron chi connectivity index (χ1n) is 22.9. The van der Waals surface area contributed by atoms with Gasteiger partial charge in [0.1, 0.15) is 29.0 Å². The number of imide groups is 1. The quantitative estimate of drug-likeness (QED) is 0.162. The highest BCUT2D eigenvalue weighted by molar-refractivity contribution is 6.01. The SMILES string of the molecule is N#Cc1cnn2cc(-c3cnn(C4CCN(C(=O)CN5CCC(c6ccc(NC7CCC(=O)NC7=O)cc6F)CC5)CC4)c3)nc(-c3ccc(N4CCN(Cc5ccccn5)CC4)cc3)c12. The van der Waals surface area contributed by atoms with Crippen LogP contribution in [-0.4, -0.2) is 127 Å². The first-order chi connectivity index (χ1) is 32.2. The summed E-state index contributed by atoms with van der Waals surface area (Å²) < 4.78 is 19.0. The summed E-state index contributed by atoms with van der Waals surface area (Å²) >= 11 is 0. The second kappa shape index (κ2) is 18.8. The molecule has 4 aliphatic heterocycles.